The fourth-order valence-corrected chi connectivity index (χ4v) is 1.48. The van der Waals surface area contributed by atoms with Crippen molar-refractivity contribution < 1.29 is 18.9 Å². The van der Waals surface area contributed by atoms with Gasteiger partial charge in [-0.25, -0.2) is 4.57 Å². The molecule has 0 unspecified atom stereocenters. The lowest BCUT2D eigenvalue weighted by atomic mass is 10.2. The average molecular weight is 218 g/mol. The predicted molar refractivity (Wildman–Crippen MR) is 51.3 cm³/mol. The van der Waals surface area contributed by atoms with Gasteiger partial charge in [0.05, 0.1) is 0 Å². The quantitative estimate of drug-likeness (QED) is 0.581. The van der Waals surface area contributed by atoms with Gasteiger partial charge in [0, 0.05) is 5.56 Å². The van der Waals surface area contributed by atoms with Crippen molar-refractivity contribution in [2.45, 2.75) is 0 Å². The first-order chi connectivity index (χ1) is 5.99. The molecular formula is C7H7O4PS. The van der Waals surface area contributed by atoms with E-state index in [1.807, 2.05) is 0 Å². The van der Waals surface area contributed by atoms with Crippen LogP contribution in [0.2, 0.25) is 0 Å². The molecule has 0 aliphatic carbocycles. The van der Waals surface area contributed by atoms with Gasteiger partial charge in [-0.3, -0.25) is 9.79 Å². The van der Waals surface area contributed by atoms with E-state index in [4.69, 9.17) is 9.79 Å². The van der Waals surface area contributed by atoms with Crippen molar-refractivity contribution in [1.29, 1.82) is 0 Å². The SMILES string of the molecule is O=P(O)(O)OC(=S)c1ccccc1. The number of phosphoric acid groups is 1. The zero-order chi connectivity index (χ0) is 9.90. The van der Waals surface area contributed by atoms with Crippen molar-refractivity contribution in [2.75, 3.05) is 0 Å². The maximum atomic E-state index is 10.4. The van der Waals surface area contributed by atoms with Crippen LogP contribution in [0.25, 0.3) is 0 Å². The molecule has 1 aromatic rings. The lowest BCUT2D eigenvalue weighted by Crippen LogP contribution is -2.00. The Morgan fingerprint density at radius 1 is 1.31 bits per heavy atom. The van der Waals surface area contributed by atoms with E-state index in [1.54, 1.807) is 30.3 Å². The van der Waals surface area contributed by atoms with Gasteiger partial charge in [-0.15, -0.1) is 0 Å². The normalized spacial score (nSPS) is 10.9. The summed E-state index contributed by atoms with van der Waals surface area (Å²) in [5.41, 5.74) is 0.473. The van der Waals surface area contributed by atoms with Gasteiger partial charge in [-0.05, 0) is 12.2 Å². The fourth-order valence-electron chi connectivity index (χ4n) is 0.735. The monoisotopic (exact) mass is 218 g/mol. The Labute approximate surface area is 80.4 Å². The third-order valence-electron chi connectivity index (χ3n) is 1.21. The zero-order valence-corrected chi connectivity index (χ0v) is 8.16. The summed E-state index contributed by atoms with van der Waals surface area (Å²) in [5.74, 6) is 0. The van der Waals surface area contributed by atoms with Crippen LogP contribution in [-0.4, -0.2) is 14.8 Å². The lowest BCUT2D eigenvalue weighted by Gasteiger charge is -2.06. The third-order valence-corrected chi connectivity index (χ3v) is 2.07. The van der Waals surface area contributed by atoms with Crippen LogP contribution in [0.3, 0.4) is 0 Å². The van der Waals surface area contributed by atoms with E-state index in [-0.39, 0.29) is 5.05 Å². The van der Waals surface area contributed by atoms with Crippen LogP contribution in [0.15, 0.2) is 30.3 Å². The van der Waals surface area contributed by atoms with Gasteiger partial charge < -0.3 is 4.52 Å². The molecule has 70 valence electrons. The summed E-state index contributed by atoms with van der Waals surface area (Å²) in [5, 5.41) is -0.200. The highest BCUT2D eigenvalue weighted by Gasteiger charge is 2.18. The molecule has 4 nitrogen and oxygen atoms in total. The highest BCUT2D eigenvalue weighted by atomic mass is 32.1. The maximum Gasteiger partial charge on any atom is 0.525 e. The van der Waals surface area contributed by atoms with E-state index in [0.29, 0.717) is 5.56 Å². The molecule has 0 atom stereocenters. The summed E-state index contributed by atoms with van der Waals surface area (Å²) in [6, 6.07) is 8.38. The van der Waals surface area contributed by atoms with Gasteiger partial charge in [0.1, 0.15) is 0 Å². The van der Waals surface area contributed by atoms with E-state index in [0.717, 1.165) is 0 Å². The summed E-state index contributed by atoms with van der Waals surface area (Å²) in [6.45, 7) is 0. The van der Waals surface area contributed by atoms with E-state index in [1.165, 1.54) is 0 Å². The Morgan fingerprint density at radius 2 is 1.85 bits per heavy atom. The minimum absolute atomic E-state index is 0.200. The molecule has 0 aromatic heterocycles. The van der Waals surface area contributed by atoms with Crippen LogP contribution >= 0.6 is 20.0 Å². The number of phosphoric ester groups is 1. The first-order valence-electron chi connectivity index (χ1n) is 3.33. The molecule has 6 heteroatoms. The smallest absolute Gasteiger partial charge is 0.392 e. The topological polar surface area (TPSA) is 66.8 Å². The van der Waals surface area contributed by atoms with Gasteiger partial charge in [0.25, 0.3) is 0 Å². The van der Waals surface area contributed by atoms with Crippen molar-refractivity contribution in [3.05, 3.63) is 35.9 Å². The van der Waals surface area contributed by atoms with Crippen LogP contribution in [0, 0.1) is 0 Å². The van der Waals surface area contributed by atoms with E-state index in [2.05, 4.69) is 16.7 Å². The Kier molecular flexibility index (Phi) is 3.17. The second-order valence-corrected chi connectivity index (χ2v) is 3.77. The van der Waals surface area contributed by atoms with Crippen molar-refractivity contribution in [3.63, 3.8) is 0 Å². The van der Waals surface area contributed by atoms with Crippen molar-refractivity contribution in [2.24, 2.45) is 0 Å². The molecule has 0 aliphatic heterocycles. The molecule has 0 spiro atoms. The molecule has 0 radical (unpaired) electrons. The van der Waals surface area contributed by atoms with Crippen molar-refractivity contribution in [3.8, 4) is 0 Å². The van der Waals surface area contributed by atoms with Gasteiger partial charge in [0.2, 0.25) is 5.05 Å². The summed E-state index contributed by atoms with van der Waals surface area (Å²) in [6.07, 6.45) is 0. The highest BCUT2D eigenvalue weighted by Crippen LogP contribution is 2.37. The fraction of sp³-hybridized carbons (Fsp3) is 0. The second-order valence-electron chi connectivity index (χ2n) is 2.24. The summed E-state index contributed by atoms with van der Waals surface area (Å²) in [4.78, 5) is 16.9. The molecule has 2 N–H and O–H groups in total. The minimum atomic E-state index is -4.53. The largest absolute Gasteiger partial charge is 0.525 e. The van der Waals surface area contributed by atoms with Crippen molar-refractivity contribution in [1.82, 2.24) is 0 Å². The first-order valence-corrected chi connectivity index (χ1v) is 5.27. The Hall–Kier alpha value is -0.740. The van der Waals surface area contributed by atoms with Gasteiger partial charge in [-0.2, -0.15) is 0 Å². The van der Waals surface area contributed by atoms with Crippen LogP contribution in [0.1, 0.15) is 5.56 Å². The van der Waals surface area contributed by atoms with Gasteiger partial charge in [0.15, 0.2) is 0 Å². The first kappa shape index (κ1) is 10.3. The molecule has 1 aromatic carbocycles. The van der Waals surface area contributed by atoms with E-state index in [9.17, 15) is 4.57 Å². The molecule has 0 aliphatic rings. The average Bonchev–Trinajstić information content (AvgIpc) is 2.03. The number of benzene rings is 1. The summed E-state index contributed by atoms with van der Waals surface area (Å²) in [7, 11) is -4.53. The molecule has 0 fully saturated rings. The van der Waals surface area contributed by atoms with Gasteiger partial charge in [-0.1, -0.05) is 30.3 Å². The molecular weight excluding hydrogens is 211 g/mol. The Bertz CT molecular complexity index is 345. The maximum absolute atomic E-state index is 10.4. The van der Waals surface area contributed by atoms with Crippen LogP contribution in [-0.2, 0) is 9.09 Å². The molecule has 0 heterocycles. The highest BCUT2D eigenvalue weighted by molar-refractivity contribution is 7.81. The molecule has 13 heavy (non-hydrogen) atoms. The second kappa shape index (κ2) is 3.98. The van der Waals surface area contributed by atoms with E-state index < -0.39 is 7.82 Å². The lowest BCUT2D eigenvalue weighted by molar-refractivity contribution is 0.281. The molecule has 0 amide bonds. The molecule has 0 bridgehead atoms. The number of thiocarbonyl (C=S) groups is 1. The molecule has 0 saturated heterocycles. The Balaban J connectivity index is 2.76. The van der Waals surface area contributed by atoms with Crippen LogP contribution in [0.4, 0.5) is 0 Å². The third kappa shape index (κ3) is 3.65. The standard InChI is InChI=1S/C7H7O4PS/c8-12(9,10)11-7(13)6-4-2-1-3-5-6/h1-5H,(H2,8,9,10). The molecule has 0 saturated carbocycles. The summed E-state index contributed by atoms with van der Waals surface area (Å²) >= 11 is 4.65. The van der Waals surface area contributed by atoms with Crippen molar-refractivity contribution >= 4 is 25.1 Å². The zero-order valence-electron chi connectivity index (χ0n) is 6.45. The number of hydrogen-bond acceptors (Lipinski definition) is 3. The predicted octanol–water partition coefficient (Wildman–Crippen LogP) is 1.47. The Morgan fingerprint density at radius 3 is 2.31 bits per heavy atom. The van der Waals surface area contributed by atoms with Crippen LogP contribution in [0.5, 0.6) is 0 Å². The van der Waals surface area contributed by atoms with Gasteiger partial charge >= 0.3 is 7.82 Å². The summed E-state index contributed by atoms with van der Waals surface area (Å²) < 4.78 is 14.6. The number of hydrogen-bond donors (Lipinski definition) is 2. The van der Waals surface area contributed by atoms with E-state index >= 15 is 0 Å². The minimum Gasteiger partial charge on any atom is -0.392 e. The van der Waals surface area contributed by atoms with Crippen LogP contribution < -0.4 is 0 Å². The molecule has 1 rings (SSSR count). The number of rotatable bonds is 2.